The molecule has 2 aromatic carbocycles. The van der Waals surface area contributed by atoms with Gasteiger partial charge in [0.1, 0.15) is 0 Å². The highest BCUT2D eigenvalue weighted by atomic mass is 127. The number of rotatable bonds is 7. The average Bonchev–Trinajstić information content (AvgIpc) is 2.67. The highest BCUT2D eigenvalue weighted by Gasteiger charge is 2.29. The first-order valence-electron chi connectivity index (χ1n) is 8.67. The summed E-state index contributed by atoms with van der Waals surface area (Å²) in [5.41, 5.74) is 3.14. The minimum atomic E-state index is -4.40. The maximum atomic E-state index is 12.3. The number of nitrogens with zero attached hydrogens (tertiary/aromatic N) is 1. The zero-order valence-corrected chi connectivity index (χ0v) is 18.8. The van der Waals surface area contributed by atoms with Crippen LogP contribution in [0.1, 0.15) is 16.7 Å². The van der Waals surface area contributed by atoms with E-state index in [1.165, 1.54) is 18.7 Å². The van der Waals surface area contributed by atoms with Crippen molar-refractivity contribution in [2.75, 3.05) is 20.8 Å². The first-order valence-corrected chi connectivity index (χ1v) is 8.67. The molecule has 160 valence electrons. The van der Waals surface area contributed by atoms with Gasteiger partial charge in [-0.3, -0.25) is 4.99 Å². The molecule has 2 N–H and O–H groups in total. The molecule has 0 radical (unpaired) electrons. The Kier molecular flexibility index (Phi) is 10.1. The van der Waals surface area contributed by atoms with Gasteiger partial charge >= 0.3 is 6.18 Å². The van der Waals surface area contributed by atoms with Crippen molar-refractivity contribution in [1.82, 2.24) is 10.6 Å². The Morgan fingerprint density at radius 2 is 1.55 bits per heavy atom. The van der Waals surface area contributed by atoms with Gasteiger partial charge in [0.15, 0.2) is 24.1 Å². The summed E-state index contributed by atoms with van der Waals surface area (Å²) in [4.78, 5) is 4.17. The van der Waals surface area contributed by atoms with E-state index in [1.807, 2.05) is 31.2 Å². The van der Waals surface area contributed by atoms with E-state index in [4.69, 9.17) is 9.47 Å². The van der Waals surface area contributed by atoms with Crippen LogP contribution in [0, 0.1) is 6.92 Å². The molecule has 0 fully saturated rings. The summed E-state index contributed by atoms with van der Waals surface area (Å²) in [6.07, 6.45) is -4.40. The molecule has 0 atom stereocenters. The monoisotopic (exact) mass is 523 g/mol. The molecule has 0 bridgehead atoms. The molecule has 2 rings (SSSR count). The number of guanidine groups is 1. The summed E-state index contributed by atoms with van der Waals surface area (Å²) < 4.78 is 46.9. The molecule has 0 unspecified atom stereocenters. The highest BCUT2D eigenvalue weighted by Crippen LogP contribution is 2.29. The van der Waals surface area contributed by atoms with Crippen LogP contribution in [-0.4, -0.2) is 32.9 Å². The minimum absolute atomic E-state index is 0. The van der Waals surface area contributed by atoms with Gasteiger partial charge < -0.3 is 20.1 Å². The summed E-state index contributed by atoms with van der Waals surface area (Å²) in [7, 11) is 3.05. The van der Waals surface area contributed by atoms with Crippen molar-refractivity contribution in [3.05, 3.63) is 59.2 Å². The minimum Gasteiger partial charge on any atom is -0.493 e. The Labute approximate surface area is 185 Å². The number of methoxy groups -OCH3 is 1. The van der Waals surface area contributed by atoms with E-state index in [0.717, 1.165) is 11.1 Å². The maximum absolute atomic E-state index is 12.3. The molecule has 0 spiro atoms. The third-order valence-electron chi connectivity index (χ3n) is 3.88. The Hall–Kier alpha value is -2.17. The van der Waals surface area contributed by atoms with Gasteiger partial charge in [-0.1, -0.05) is 35.9 Å². The Balaban J connectivity index is 0.00000420. The second-order valence-electron chi connectivity index (χ2n) is 6.15. The van der Waals surface area contributed by atoms with E-state index in [0.29, 0.717) is 19.0 Å². The molecular weight excluding hydrogens is 498 g/mol. The van der Waals surface area contributed by atoms with Crippen LogP contribution in [0.5, 0.6) is 11.5 Å². The lowest BCUT2D eigenvalue weighted by Gasteiger charge is -2.15. The smallest absolute Gasteiger partial charge is 0.422 e. The normalized spacial score (nSPS) is 11.4. The van der Waals surface area contributed by atoms with E-state index in [1.54, 1.807) is 19.2 Å². The van der Waals surface area contributed by atoms with Gasteiger partial charge in [-0.2, -0.15) is 13.2 Å². The largest absolute Gasteiger partial charge is 0.493 e. The van der Waals surface area contributed by atoms with Gasteiger partial charge in [-0.05, 0) is 30.2 Å². The van der Waals surface area contributed by atoms with Gasteiger partial charge in [0.05, 0.1) is 7.11 Å². The molecular formula is C20H25F3IN3O2. The van der Waals surface area contributed by atoms with E-state index >= 15 is 0 Å². The number of benzene rings is 2. The Morgan fingerprint density at radius 3 is 2.10 bits per heavy atom. The van der Waals surface area contributed by atoms with Gasteiger partial charge in [-0.15, -0.1) is 24.0 Å². The quantitative estimate of drug-likeness (QED) is 0.321. The number of hydrogen-bond donors (Lipinski definition) is 2. The lowest BCUT2D eigenvalue weighted by Crippen LogP contribution is -2.36. The van der Waals surface area contributed by atoms with Crippen LogP contribution < -0.4 is 20.1 Å². The molecule has 0 aliphatic heterocycles. The second-order valence-corrected chi connectivity index (χ2v) is 6.15. The number of aliphatic imine (C=N–C) groups is 1. The SMILES string of the molecule is CN=C(NCc1ccc(C)cc1)NCc1ccc(OCC(F)(F)F)c(OC)c1.I. The lowest BCUT2D eigenvalue weighted by atomic mass is 10.1. The van der Waals surface area contributed by atoms with Crippen molar-refractivity contribution in [2.45, 2.75) is 26.2 Å². The van der Waals surface area contributed by atoms with Crippen molar-refractivity contribution in [3.63, 3.8) is 0 Å². The number of nitrogens with one attached hydrogen (secondary N) is 2. The van der Waals surface area contributed by atoms with Gasteiger partial charge in [0.2, 0.25) is 0 Å². The summed E-state index contributed by atoms with van der Waals surface area (Å²) in [6.45, 7) is 1.71. The molecule has 0 aliphatic rings. The number of ether oxygens (including phenoxy) is 2. The first kappa shape index (κ1) is 24.9. The average molecular weight is 523 g/mol. The van der Waals surface area contributed by atoms with Crippen molar-refractivity contribution in [3.8, 4) is 11.5 Å². The molecule has 0 aliphatic carbocycles. The highest BCUT2D eigenvalue weighted by molar-refractivity contribution is 14.0. The number of aryl methyl sites for hydroxylation is 1. The topological polar surface area (TPSA) is 54.9 Å². The molecule has 5 nitrogen and oxygen atoms in total. The van der Waals surface area contributed by atoms with Gasteiger partial charge in [0, 0.05) is 20.1 Å². The van der Waals surface area contributed by atoms with Gasteiger partial charge in [-0.25, -0.2) is 0 Å². The molecule has 0 amide bonds. The maximum Gasteiger partial charge on any atom is 0.422 e. The number of halogens is 4. The summed E-state index contributed by atoms with van der Waals surface area (Å²) >= 11 is 0. The van der Waals surface area contributed by atoms with E-state index in [-0.39, 0.29) is 35.5 Å². The third kappa shape index (κ3) is 8.80. The molecule has 0 heterocycles. The predicted molar refractivity (Wildman–Crippen MR) is 118 cm³/mol. The summed E-state index contributed by atoms with van der Waals surface area (Å²) in [6, 6.07) is 12.9. The van der Waals surface area contributed by atoms with Crippen molar-refractivity contribution in [2.24, 2.45) is 4.99 Å². The lowest BCUT2D eigenvalue weighted by molar-refractivity contribution is -0.153. The standard InChI is InChI=1S/C20H24F3N3O2.HI/c1-14-4-6-15(7-5-14)11-25-19(24-2)26-12-16-8-9-17(18(10-16)27-3)28-13-20(21,22)23;/h4-10H,11-13H2,1-3H3,(H2,24,25,26);1H. The Morgan fingerprint density at radius 1 is 0.966 bits per heavy atom. The fraction of sp³-hybridized carbons (Fsp3) is 0.350. The summed E-state index contributed by atoms with van der Waals surface area (Å²) in [5, 5.41) is 6.37. The number of alkyl halides is 3. The zero-order chi connectivity index (χ0) is 20.6. The van der Waals surface area contributed by atoms with Crippen molar-refractivity contribution in [1.29, 1.82) is 0 Å². The van der Waals surface area contributed by atoms with E-state index in [2.05, 4.69) is 15.6 Å². The van der Waals surface area contributed by atoms with Crippen LogP contribution in [-0.2, 0) is 13.1 Å². The third-order valence-corrected chi connectivity index (χ3v) is 3.88. The predicted octanol–water partition coefficient (Wildman–Crippen LogP) is 4.43. The van der Waals surface area contributed by atoms with Crippen LogP contribution in [0.25, 0.3) is 0 Å². The molecule has 0 aromatic heterocycles. The van der Waals surface area contributed by atoms with Crippen LogP contribution in [0.4, 0.5) is 13.2 Å². The molecule has 29 heavy (non-hydrogen) atoms. The molecule has 2 aromatic rings. The number of hydrogen-bond acceptors (Lipinski definition) is 3. The second kappa shape index (κ2) is 11.7. The van der Waals surface area contributed by atoms with E-state index < -0.39 is 12.8 Å². The van der Waals surface area contributed by atoms with Crippen molar-refractivity contribution < 1.29 is 22.6 Å². The Bertz CT molecular complexity index is 797. The molecule has 0 saturated heterocycles. The fourth-order valence-electron chi connectivity index (χ4n) is 2.40. The zero-order valence-electron chi connectivity index (χ0n) is 16.5. The van der Waals surface area contributed by atoms with E-state index in [9.17, 15) is 13.2 Å². The van der Waals surface area contributed by atoms with Crippen LogP contribution in [0.2, 0.25) is 0 Å². The first-order chi connectivity index (χ1) is 13.3. The van der Waals surface area contributed by atoms with Crippen LogP contribution in [0.15, 0.2) is 47.5 Å². The summed E-state index contributed by atoms with van der Waals surface area (Å²) in [5.74, 6) is 0.897. The van der Waals surface area contributed by atoms with Gasteiger partial charge in [0.25, 0.3) is 0 Å². The molecule has 0 saturated carbocycles. The van der Waals surface area contributed by atoms with Crippen LogP contribution in [0.3, 0.4) is 0 Å². The fourth-order valence-corrected chi connectivity index (χ4v) is 2.40. The van der Waals surface area contributed by atoms with Crippen LogP contribution >= 0.6 is 24.0 Å². The van der Waals surface area contributed by atoms with Crippen molar-refractivity contribution >= 4 is 29.9 Å². The molecule has 9 heteroatoms.